The van der Waals surface area contributed by atoms with Gasteiger partial charge in [0, 0.05) is 57.2 Å². The summed E-state index contributed by atoms with van der Waals surface area (Å²) in [5.41, 5.74) is 1.22. The molecule has 0 radical (unpaired) electrons. The number of piperazine rings is 1. The second kappa shape index (κ2) is 7.82. The van der Waals surface area contributed by atoms with Crippen LogP contribution in [0.2, 0.25) is 0 Å². The number of anilines is 1. The Hall–Kier alpha value is -2.48. The van der Waals surface area contributed by atoms with Crippen LogP contribution in [0.4, 0.5) is 11.4 Å². The molecule has 0 atom stereocenters. The van der Waals surface area contributed by atoms with Gasteiger partial charge in [0.1, 0.15) is 0 Å². The summed E-state index contributed by atoms with van der Waals surface area (Å²) in [6.45, 7) is 5.42. The van der Waals surface area contributed by atoms with Crippen molar-refractivity contribution in [2.45, 2.75) is 26.2 Å². The summed E-state index contributed by atoms with van der Waals surface area (Å²) in [7, 11) is 0. The van der Waals surface area contributed by atoms with Crippen molar-refractivity contribution >= 4 is 23.2 Å². The summed E-state index contributed by atoms with van der Waals surface area (Å²) >= 11 is 0. The summed E-state index contributed by atoms with van der Waals surface area (Å²) in [4.78, 5) is 38.7. The van der Waals surface area contributed by atoms with E-state index < -0.39 is 4.92 Å². The number of hydrogen-bond acceptors (Lipinski definition) is 5. The van der Waals surface area contributed by atoms with Crippen LogP contribution in [0.15, 0.2) is 18.2 Å². The average Bonchev–Trinajstić information content (AvgIpc) is 3.46. The second-order valence-electron chi connectivity index (χ2n) is 7.00. The number of rotatable bonds is 6. The first-order valence-electron chi connectivity index (χ1n) is 9.00. The largest absolute Gasteiger partial charge is 0.340 e. The summed E-state index contributed by atoms with van der Waals surface area (Å²) in [5, 5.41) is 13.6. The van der Waals surface area contributed by atoms with E-state index in [1.54, 1.807) is 13.0 Å². The van der Waals surface area contributed by atoms with E-state index in [1.165, 1.54) is 12.1 Å². The van der Waals surface area contributed by atoms with Crippen LogP contribution in [-0.2, 0) is 9.59 Å². The highest BCUT2D eigenvalue weighted by molar-refractivity contribution is 5.92. The topological polar surface area (TPSA) is 95.8 Å². The zero-order valence-corrected chi connectivity index (χ0v) is 14.9. The Morgan fingerprint density at radius 2 is 1.92 bits per heavy atom. The van der Waals surface area contributed by atoms with Gasteiger partial charge in [-0.05, 0) is 25.3 Å². The highest BCUT2D eigenvalue weighted by Crippen LogP contribution is 2.31. The molecule has 1 saturated carbocycles. The summed E-state index contributed by atoms with van der Waals surface area (Å²) in [6.07, 6.45) is 2.37. The molecule has 1 aliphatic carbocycles. The van der Waals surface area contributed by atoms with E-state index in [1.807, 2.05) is 4.90 Å². The number of nitro benzene ring substituents is 1. The van der Waals surface area contributed by atoms with Gasteiger partial charge in [0.2, 0.25) is 11.8 Å². The standard InChI is InChI=1S/C18H24N4O4/c1-13-2-5-15(22(25)26)12-16(13)19-17(23)6-7-20-8-10-21(11-9-20)18(24)14-3-4-14/h2,5,12,14H,3-4,6-11H2,1H3,(H,19,23). The van der Waals surface area contributed by atoms with E-state index in [0.29, 0.717) is 18.7 Å². The highest BCUT2D eigenvalue weighted by Gasteiger charge is 2.34. The Morgan fingerprint density at radius 3 is 2.54 bits per heavy atom. The number of nitrogens with one attached hydrogen (secondary N) is 1. The lowest BCUT2D eigenvalue weighted by Gasteiger charge is -2.34. The quantitative estimate of drug-likeness (QED) is 0.616. The smallest absolute Gasteiger partial charge is 0.271 e. The molecule has 8 heteroatoms. The molecule has 0 unspecified atom stereocenters. The van der Waals surface area contributed by atoms with Crippen LogP contribution in [0.3, 0.4) is 0 Å². The van der Waals surface area contributed by atoms with Gasteiger partial charge in [0.15, 0.2) is 0 Å². The Bertz CT molecular complexity index is 709. The fourth-order valence-corrected chi connectivity index (χ4v) is 3.11. The van der Waals surface area contributed by atoms with Crippen molar-refractivity contribution in [3.8, 4) is 0 Å². The molecule has 1 N–H and O–H groups in total. The van der Waals surface area contributed by atoms with Gasteiger partial charge in [0.05, 0.1) is 10.6 Å². The van der Waals surface area contributed by atoms with Gasteiger partial charge >= 0.3 is 0 Å². The van der Waals surface area contributed by atoms with Crippen LogP contribution in [0.25, 0.3) is 0 Å². The van der Waals surface area contributed by atoms with Crippen LogP contribution in [0.1, 0.15) is 24.8 Å². The lowest BCUT2D eigenvalue weighted by Crippen LogP contribution is -2.49. The Balaban J connectivity index is 1.44. The molecule has 1 heterocycles. The van der Waals surface area contributed by atoms with Crippen LogP contribution in [0.5, 0.6) is 0 Å². The summed E-state index contributed by atoms with van der Waals surface area (Å²) < 4.78 is 0. The molecule has 2 amide bonds. The zero-order chi connectivity index (χ0) is 18.7. The molecule has 1 aliphatic heterocycles. The predicted octanol–water partition coefficient (Wildman–Crippen LogP) is 1.79. The van der Waals surface area contributed by atoms with Crippen LogP contribution >= 0.6 is 0 Å². The van der Waals surface area contributed by atoms with Crippen LogP contribution in [-0.4, -0.2) is 59.3 Å². The third-order valence-corrected chi connectivity index (χ3v) is 4.97. The van der Waals surface area contributed by atoms with E-state index in [4.69, 9.17) is 0 Å². The molecule has 2 fully saturated rings. The fraction of sp³-hybridized carbons (Fsp3) is 0.556. The molecule has 0 bridgehead atoms. The van der Waals surface area contributed by atoms with Crippen molar-refractivity contribution < 1.29 is 14.5 Å². The molecule has 8 nitrogen and oxygen atoms in total. The predicted molar refractivity (Wildman–Crippen MR) is 96.8 cm³/mol. The maximum atomic E-state index is 12.2. The molecule has 1 aromatic carbocycles. The molecular weight excluding hydrogens is 336 g/mol. The van der Waals surface area contributed by atoms with E-state index in [2.05, 4.69) is 10.2 Å². The van der Waals surface area contributed by atoms with Gasteiger partial charge in [-0.3, -0.25) is 24.6 Å². The van der Waals surface area contributed by atoms with Crippen molar-refractivity contribution in [2.24, 2.45) is 5.92 Å². The molecule has 3 rings (SSSR count). The maximum Gasteiger partial charge on any atom is 0.271 e. The first kappa shape index (κ1) is 18.3. The number of aryl methyl sites for hydroxylation is 1. The Labute approximate surface area is 152 Å². The zero-order valence-electron chi connectivity index (χ0n) is 14.9. The molecule has 1 aromatic rings. The van der Waals surface area contributed by atoms with Gasteiger partial charge in [-0.25, -0.2) is 0 Å². The van der Waals surface area contributed by atoms with E-state index >= 15 is 0 Å². The summed E-state index contributed by atoms with van der Waals surface area (Å²) in [6, 6.07) is 4.44. The number of nitrogens with zero attached hydrogens (tertiary/aromatic N) is 3. The van der Waals surface area contributed by atoms with Crippen LogP contribution < -0.4 is 5.32 Å². The number of carbonyl (C=O) groups excluding carboxylic acids is 2. The second-order valence-corrected chi connectivity index (χ2v) is 7.00. The lowest BCUT2D eigenvalue weighted by atomic mass is 10.1. The normalized spacial score (nSPS) is 17.8. The molecule has 0 spiro atoms. The third-order valence-electron chi connectivity index (χ3n) is 4.97. The minimum atomic E-state index is -0.475. The summed E-state index contributed by atoms with van der Waals surface area (Å²) in [5.74, 6) is 0.374. The molecule has 140 valence electrons. The van der Waals surface area contributed by atoms with E-state index in [9.17, 15) is 19.7 Å². The maximum absolute atomic E-state index is 12.2. The first-order valence-corrected chi connectivity index (χ1v) is 9.00. The van der Waals surface area contributed by atoms with Gasteiger partial charge in [0.25, 0.3) is 5.69 Å². The number of carbonyl (C=O) groups is 2. The van der Waals surface area contributed by atoms with E-state index in [-0.39, 0.29) is 23.4 Å². The minimum Gasteiger partial charge on any atom is -0.340 e. The molecular formula is C18H24N4O4. The number of amides is 2. The van der Waals surface area contributed by atoms with Gasteiger partial charge in [-0.15, -0.1) is 0 Å². The highest BCUT2D eigenvalue weighted by atomic mass is 16.6. The number of benzene rings is 1. The number of non-ortho nitro benzene ring substituents is 1. The first-order chi connectivity index (χ1) is 12.4. The monoisotopic (exact) mass is 360 g/mol. The average molecular weight is 360 g/mol. The molecule has 26 heavy (non-hydrogen) atoms. The lowest BCUT2D eigenvalue weighted by molar-refractivity contribution is -0.384. The third kappa shape index (κ3) is 4.57. The van der Waals surface area contributed by atoms with Gasteiger partial charge in [-0.2, -0.15) is 0 Å². The van der Waals surface area contributed by atoms with E-state index in [0.717, 1.165) is 44.6 Å². The fourth-order valence-electron chi connectivity index (χ4n) is 3.11. The van der Waals surface area contributed by atoms with Crippen molar-refractivity contribution in [1.82, 2.24) is 9.80 Å². The Kier molecular flexibility index (Phi) is 5.51. The van der Waals surface area contributed by atoms with Crippen molar-refractivity contribution in [2.75, 3.05) is 38.0 Å². The SMILES string of the molecule is Cc1ccc([N+](=O)[O-])cc1NC(=O)CCN1CCN(C(=O)C2CC2)CC1. The van der Waals surface area contributed by atoms with Crippen molar-refractivity contribution in [1.29, 1.82) is 0 Å². The van der Waals surface area contributed by atoms with Crippen molar-refractivity contribution in [3.05, 3.63) is 33.9 Å². The number of nitro groups is 1. The molecule has 1 saturated heterocycles. The number of hydrogen-bond donors (Lipinski definition) is 1. The molecule has 0 aromatic heterocycles. The molecule has 2 aliphatic rings. The van der Waals surface area contributed by atoms with Crippen molar-refractivity contribution in [3.63, 3.8) is 0 Å². The Morgan fingerprint density at radius 1 is 1.23 bits per heavy atom. The van der Waals surface area contributed by atoms with Gasteiger partial charge < -0.3 is 10.2 Å². The van der Waals surface area contributed by atoms with Gasteiger partial charge in [-0.1, -0.05) is 6.07 Å². The van der Waals surface area contributed by atoms with Crippen LogP contribution in [0, 0.1) is 23.0 Å². The minimum absolute atomic E-state index is 0.0395.